The van der Waals surface area contributed by atoms with Crippen molar-refractivity contribution in [1.29, 1.82) is 0 Å². The molecule has 1 aromatic heterocycles. The SMILES string of the molecule is CC(NCCN1CCOCC1)c1cnccn1. The molecule has 0 amide bonds. The number of nitrogens with zero attached hydrogens (tertiary/aromatic N) is 3. The lowest BCUT2D eigenvalue weighted by Crippen LogP contribution is -2.40. The maximum Gasteiger partial charge on any atom is 0.0753 e. The summed E-state index contributed by atoms with van der Waals surface area (Å²) in [5.41, 5.74) is 0.995. The van der Waals surface area contributed by atoms with E-state index in [-0.39, 0.29) is 6.04 Å². The van der Waals surface area contributed by atoms with Crippen molar-refractivity contribution in [3.63, 3.8) is 0 Å². The van der Waals surface area contributed by atoms with Gasteiger partial charge in [-0.2, -0.15) is 0 Å². The summed E-state index contributed by atoms with van der Waals surface area (Å²) in [7, 11) is 0. The van der Waals surface area contributed by atoms with E-state index in [0.717, 1.165) is 45.1 Å². The van der Waals surface area contributed by atoms with Crippen LogP contribution in [0, 0.1) is 0 Å². The average Bonchev–Trinajstić information content (AvgIpc) is 2.41. The van der Waals surface area contributed by atoms with Gasteiger partial charge in [-0.3, -0.25) is 14.9 Å². The molecule has 1 saturated heterocycles. The largest absolute Gasteiger partial charge is 0.379 e. The number of morpholine rings is 1. The van der Waals surface area contributed by atoms with Gasteiger partial charge in [0.15, 0.2) is 0 Å². The zero-order chi connectivity index (χ0) is 11.9. The lowest BCUT2D eigenvalue weighted by molar-refractivity contribution is 0.0382. The molecule has 0 aromatic carbocycles. The lowest BCUT2D eigenvalue weighted by atomic mass is 10.2. The Morgan fingerprint density at radius 3 is 2.94 bits per heavy atom. The lowest BCUT2D eigenvalue weighted by Gasteiger charge is -2.27. The Labute approximate surface area is 102 Å². The molecular weight excluding hydrogens is 216 g/mol. The van der Waals surface area contributed by atoms with Crippen molar-refractivity contribution < 1.29 is 4.74 Å². The van der Waals surface area contributed by atoms with Crippen LogP contribution in [0.25, 0.3) is 0 Å². The number of hydrogen-bond acceptors (Lipinski definition) is 5. The fourth-order valence-corrected chi connectivity index (χ4v) is 1.90. The van der Waals surface area contributed by atoms with Crippen molar-refractivity contribution >= 4 is 0 Å². The van der Waals surface area contributed by atoms with Gasteiger partial charge in [0.05, 0.1) is 18.9 Å². The molecule has 1 aliphatic heterocycles. The molecule has 1 aliphatic rings. The first-order valence-corrected chi connectivity index (χ1v) is 6.15. The van der Waals surface area contributed by atoms with Crippen LogP contribution < -0.4 is 5.32 Å². The fourth-order valence-electron chi connectivity index (χ4n) is 1.90. The molecule has 1 N–H and O–H groups in total. The topological polar surface area (TPSA) is 50.3 Å². The van der Waals surface area contributed by atoms with Crippen LogP contribution in [0.15, 0.2) is 18.6 Å². The Balaban J connectivity index is 1.67. The van der Waals surface area contributed by atoms with Crippen LogP contribution in [-0.4, -0.2) is 54.3 Å². The quantitative estimate of drug-likeness (QED) is 0.805. The van der Waals surface area contributed by atoms with Gasteiger partial charge in [-0.1, -0.05) is 0 Å². The molecule has 0 radical (unpaired) electrons. The summed E-state index contributed by atoms with van der Waals surface area (Å²) in [5.74, 6) is 0. The zero-order valence-corrected chi connectivity index (χ0v) is 10.3. The van der Waals surface area contributed by atoms with E-state index in [0.29, 0.717) is 0 Å². The third-order valence-electron chi connectivity index (χ3n) is 3.01. The predicted octanol–water partition coefficient (Wildman–Crippen LogP) is 0.459. The minimum absolute atomic E-state index is 0.254. The van der Waals surface area contributed by atoms with Crippen molar-refractivity contribution in [1.82, 2.24) is 20.2 Å². The molecule has 0 aliphatic carbocycles. The summed E-state index contributed by atoms with van der Waals surface area (Å²) in [6.45, 7) is 7.96. The molecule has 1 fully saturated rings. The Bertz CT molecular complexity index is 314. The molecule has 0 spiro atoms. The second-order valence-corrected chi connectivity index (χ2v) is 4.26. The van der Waals surface area contributed by atoms with E-state index >= 15 is 0 Å². The molecule has 17 heavy (non-hydrogen) atoms. The summed E-state index contributed by atoms with van der Waals surface area (Å²) in [6.07, 6.45) is 5.24. The van der Waals surface area contributed by atoms with Crippen LogP contribution in [0.4, 0.5) is 0 Å². The highest BCUT2D eigenvalue weighted by Crippen LogP contribution is 2.05. The smallest absolute Gasteiger partial charge is 0.0753 e. The van der Waals surface area contributed by atoms with Gasteiger partial charge in [0, 0.05) is 50.8 Å². The number of ether oxygens (including phenoxy) is 1. The zero-order valence-electron chi connectivity index (χ0n) is 10.3. The van der Waals surface area contributed by atoms with Crippen molar-refractivity contribution in [2.75, 3.05) is 39.4 Å². The Morgan fingerprint density at radius 2 is 2.24 bits per heavy atom. The molecule has 2 heterocycles. The van der Waals surface area contributed by atoms with Crippen LogP contribution >= 0.6 is 0 Å². The standard InChI is InChI=1S/C12H20N4O/c1-11(12-10-13-2-3-15-12)14-4-5-16-6-8-17-9-7-16/h2-3,10-11,14H,4-9H2,1H3. The van der Waals surface area contributed by atoms with Crippen molar-refractivity contribution in [3.8, 4) is 0 Å². The third kappa shape index (κ3) is 4.03. The van der Waals surface area contributed by atoms with Gasteiger partial charge in [-0.15, -0.1) is 0 Å². The van der Waals surface area contributed by atoms with Crippen LogP contribution in [-0.2, 0) is 4.74 Å². The van der Waals surface area contributed by atoms with Crippen molar-refractivity contribution in [3.05, 3.63) is 24.3 Å². The van der Waals surface area contributed by atoms with E-state index in [4.69, 9.17) is 4.74 Å². The van der Waals surface area contributed by atoms with Gasteiger partial charge >= 0.3 is 0 Å². The maximum absolute atomic E-state index is 5.32. The van der Waals surface area contributed by atoms with E-state index in [1.165, 1.54) is 0 Å². The summed E-state index contributed by atoms with van der Waals surface area (Å²) in [4.78, 5) is 10.8. The van der Waals surface area contributed by atoms with Gasteiger partial charge in [0.1, 0.15) is 0 Å². The summed E-state index contributed by atoms with van der Waals surface area (Å²) >= 11 is 0. The number of nitrogens with one attached hydrogen (secondary N) is 1. The molecule has 1 atom stereocenters. The summed E-state index contributed by atoms with van der Waals surface area (Å²) < 4.78 is 5.32. The molecule has 5 nitrogen and oxygen atoms in total. The normalized spacial score (nSPS) is 19.1. The minimum atomic E-state index is 0.254. The molecule has 0 saturated carbocycles. The first kappa shape index (κ1) is 12.4. The highest BCUT2D eigenvalue weighted by Gasteiger charge is 2.10. The van der Waals surface area contributed by atoms with E-state index in [9.17, 15) is 0 Å². The predicted molar refractivity (Wildman–Crippen MR) is 65.7 cm³/mol. The summed E-state index contributed by atoms with van der Waals surface area (Å²) in [6, 6.07) is 0.254. The molecule has 1 unspecified atom stereocenters. The van der Waals surface area contributed by atoms with Crippen molar-refractivity contribution in [2.24, 2.45) is 0 Å². The first-order chi connectivity index (χ1) is 8.36. The average molecular weight is 236 g/mol. The van der Waals surface area contributed by atoms with Gasteiger partial charge in [-0.05, 0) is 6.92 Å². The Kier molecular flexibility index (Phi) is 4.85. The molecule has 94 valence electrons. The monoisotopic (exact) mass is 236 g/mol. The van der Waals surface area contributed by atoms with Crippen LogP contribution in [0.3, 0.4) is 0 Å². The van der Waals surface area contributed by atoms with Gasteiger partial charge < -0.3 is 10.1 Å². The fraction of sp³-hybridized carbons (Fsp3) is 0.667. The Morgan fingerprint density at radius 1 is 1.41 bits per heavy atom. The van der Waals surface area contributed by atoms with Crippen LogP contribution in [0.5, 0.6) is 0 Å². The molecule has 1 aromatic rings. The van der Waals surface area contributed by atoms with Gasteiger partial charge in [0.2, 0.25) is 0 Å². The molecule has 0 bridgehead atoms. The minimum Gasteiger partial charge on any atom is -0.379 e. The highest BCUT2D eigenvalue weighted by atomic mass is 16.5. The second kappa shape index (κ2) is 6.64. The van der Waals surface area contributed by atoms with E-state index in [1.54, 1.807) is 12.4 Å². The van der Waals surface area contributed by atoms with E-state index in [2.05, 4.69) is 27.1 Å². The van der Waals surface area contributed by atoms with Crippen LogP contribution in [0.2, 0.25) is 0 Å². The number of aromatic nitrogens is 2. The number of hydrogen-bond donors (Lipinski definition) is 1. The van der Waals surface area contributed by atoms with E-state index in [1.807, 2.05) is 6.20 Å². The first-order valence-electron chi connectivity index (χ1n) is 6.15. The second-order valence-electron chi connectivity index (χ2n) is 4.26. The van der Waals surface area contributed by atoms with Crippen LogP contribution in [0.1, 0.15) is 18.7 Å². The third-order valence-corrected chi connectivity index (χ3v) is 3.01. The molecular formula is C12H20N4O. The summed E-state index contributed by atoms with van der Waals surface area (Å²) in [5, 5.41) is 3.46. The maximum atomic E-state index is 5.32. The van der Waals surface area contributed by atoms with Gasteiger partial charge in [0.25, 0.3) is 0 Å². The highest BCUT2D eigenvalue weighted by molar-refractivity contribution is 5.00. The molecule has 2 rings (SSSR count). The Hall–Kier alpha value is -1.04. The van der Waals surface area contributed by atoms with Gasteiger partial charge in [-0.25, -0.2) is 0 Å². The van der Waals surface area contributed by atoms with E-state index < -0.39 is 0 Å². The number of rotatable bonds is 5. The molecule has 5 heteroatoms. The van der Waals surface area contributed by atoms with Crippen molar-refractivity contribution in [2.45, 2.75) is 13.0 Å².